The van der Waals surface area contributed by atoms with Gasteiger partial charge in [-0.05, 0) is 44.2 Å². The third-order valence-electron chi connectivity index (χ3n) is 3.66. The fourth-order valence-corrected chi connectivity index (χ4v) is 2.42. The molecule has 0 saturated heterocycles. The van der Waals surface area contributed by atoms with Crippen molar-refractivity contribution in [3.8, 4) is 11.5 Å². The summed E-state index contributed by atoms with van der Waals surface area (Å²) in [5.74, 6) is -0.306. The Morgan fingerprint density at radius 2 is 2.04 bits per heavy atom. The molecule has 0 aliphatic rings. The van der Waals surface area contributed by atoms with Crippen LogP contribution in [0.25, 0.3) is 11.5 Å². The Bertz CT molecular complexity index is 868. The fraction of sp³-hybridized carbons (Fsp3) is 0.278. The van der Waals surface area contributed by atoms with Crippen LogP contribution in [-0.2, 0) is 22.7 Å². The van der Waals surface area contributed by atoms with Crippen molar-refractivity contribution >= 4 is 5.97 Å². The van der Waals surface area contributed by atoms with Gasteiger partial charge in [-0.25, -0.2) is 9.37 Å². The molecule has 0 radical (unpaired) electrons. The van der Waals surface area contributed by atoms with Gasteiger partial charge in [-0.15, -0.1) is 0 Å². The molecule has 0 aliphatic heterocycles. The Morgan fingerprint density at radius 1 is 1.28 bits per heavy atom. The third kappa shape index (κ3) is 4.32. The van der Waals surface area contributed by atoms with Crippen molar-refractivity contribution in [2.75, 3.05) is 0 Å². The van der Waals surface area contributed by atoms with E-state index in [2.05, 4.69) is 10.1 Å². The van der Waals surface area contributed by atoms with Crippen LogP contribution >= 0.6 is 0 Å². The number of nitrogens with zero attached hydrogens (tertiary/aromatic N) is 3. The van der Waals surface area contributed by atoms with Gasteiger partial charge in [0.15, 0.2) is 0 Å². The molecule has 0 amide bonds. The number of hydrogen-bond donors (Lipinski definition) is 0. The van der Waals surface area contributed by atoms with Gasteiger partial charge in [-0.2, -0.15) is 5.10 Å². The second-order valence-corrected chi connectivity index (χ2v) is 5.71. The van der Waals surface area contributed by atoms with Crippen LogP contribution in [-0.4, -0.2) is 20.7 Å². The zero-order chi connectivity index (χ0) is 17.8. The van der Waals surface area contributed by atoms with Crippen molar-refractivity contribution < 1.29 is 18.3 Å². The standard InChI is InChI=1S/C18H18FN3O3/c1-12-9-13(2)22(21-12)8-7-17(23)24-10-16-11-25-18(20-16)14-3-5-15(19)6-4-14/h3-6,9,11H,7-8,10H2,1-2H3. The number of halogens is 1. The number of esters is 1. The molecule has 0 fully saturated rings. The second-order valence-electron chi connectivity index (χ2n) is 5.71. The molecule has 0 unspecified atom stereocenters. The number of benzene rings is 1. The lowest BCUT2D eigenvalue weighted by atomic mass is 10.2. The van der Waals surface area contributed by atoms with Gasteiger partial charge in [0.25, 0.3) is 0 Å². The Morgan fingerprint density at radius 3 is 2.72 bits per heavy atom. The van der Waals surface area contributed by atoms with Crippen molar-refractivity contribution in [2.24, 2.45) is 0 Å². The van der Waals surface area contributed by atoms with Gasteiger partial charge in [0, 0.05) is 11.3 Å². The molecular weight excluding hydrogens is 325 g/mol. The molecule has 2 aromatic heterocycles. The van der Waals surface area contributed by atoms with Gasteiger partial charge in [-0.1, -0.05) is 0 Å². The molecule has 2 heterocycles. The predicted octanol–water partition coefficient (Wildman–Crippen LogP) is 3.43. The highest BCUT2D eigenvalue weighted by atomic mass is 19.1. The quantitative estimate of drug-likeness (QED) is 0.641. The highest BCUT2D eigenvalue weighted by Crippen LogP contribution is 2.19. The number of carbonyl (C=O) groups excluding carboxylic acids is 1. The number of aryl methyl sites for hydroxylation is 3. The van der Waals surface area contributed by atoms with E-state index in [-0.39, 0.29) is 24.8 Å². The summed E-state index contributed by atoms with van der Waals surface area (Å²) in [7, 11) is 0. The van der Waals surface area contributed by atoms with Crippen LogP contribution in [0.2, 0.25) is 0 Å². The third-order valence-corrected chi connectivity index (χ3v) is 3.66. The van der Waals surface area contributed by atoms with E-state index in [1.807, 2.05) is 19.9 Å². The van der Waals surface area contributed by atoms with E-state index < -0.39 is 0 Å². The first-order valence-electron chi connectivity index (χ1n) is 7.88. The van der Waals surface area contributed by atoms with Crippen LogP contribution in [0.3, 0.4) is 0 Å². The fourth-order valence-electron chi connectivity index (χ4n) is 2.42. The van der Waals surface area contributed by atoms with Crippen LogP contribution in [0.4, 0.5) is 4.39 Å². The molecule has 0 bridgehead atoms. The molecule has 25 heavy (non-hydrogen) atoms. The van der Waals surface area contributed by atoms with Crippen molar-refractivity contribution in [2.45, 2.75) is 33.4 Å². The maximum Gasteiger partial charge on any atom is 0.308 e. The van der Waals surface area contributed by atoms with E-state index in [1.54, 1.807) is 16.8 Å². The Kier molecular flexibility index (Phi) is 4.92. The molecule has 3 rings (SSSR count). The predicted molar refractivity (Wildman–Crippen MR) is 88.0 cm³/mol. The van der Waals surface area contributed by atoms with E-state index in [0.29, 0.717) is 23.7 Å². The molecule has 3 aromatic rings. The van der Waals surface area contributed by atoms with E-state index in [4.69, 9.17) is 9.15 Å². The van der Waals surface area contributed by atoms with Gasteiger partial charge < -0.3 is 9.15 Å². The second kappa shape index (κ2) is 7.29. The number of aromatic nitrogens is 3. The number of ether oxygens (including phenoxy) is 1. The lowest BCUT2D eigenvalue weighted by Crippen LogP contribution is -2.11. The summed E-state index contributed by atoms with van der Waals surface area (Å²) in [6.45, 7) is 4.35. The SMILES string of the molecule is Cc1cc(C)n(CCC(=O)OCc2coc(-c3ccc(F)cc3)n2)n1. The van der Waals surface area contributed by atoms with Crippen LogP contribution in [0.5, 0.6) is 0 Å². The molecule has 130 valence electrons. The average molecular weight is 343 g/mol. The molecule has 0 saturated carbocycles. The summed E-state index contributed by atoms with van der Waals surface area (Å²) < 4.78 is 25.2. The Labute approximate surface area is 144 Å². The van der Waals surface area contributed by atoms with Crippen molar-refractivity contribution in [1.29, 1.82) is 0 Å². The summed E-state index contributed by atoms with van der Waals surface area (Å²) in [5, 5.41) is 4.30. The lowest BCUT2D eigenvalue weighted by molar-refractivity contribution is -0.145. The topological polar surface area (TPSA) is 70.2 Å². The normalized spacial score (nSPS) is 10.8. The maximum atomic E-state index is 12.9. The summed E-state index contributed by atoms with van der Waals surface area (Å²) >= 11 is 0. The van der Waals surface area contributed by atoms with Crippen LogP contribution in [0.1, 0.15) is 23.5 Å². The summed E-state index contributed by atoms with van der Waals surface area (Å²) in [5.41, 5.74) is 3.08. The minimum absolute atomic E-state index is 0.0284. The molecule has 7 heteroatoms. The van der Waals surface area contributed by atoms with Gasteiger partial charge >= 0.3 is 5.97 Å². The molecule has 6 nitrogen and oxygen atoms in total. The smallest absolute Gasteiger partial charge is 0.308 e. The van der Waals surface area contributed by atoms with Gasteiger partial charge in [0.05, 0.1) is 18.7 Å². The summed E-state index contributed by atoms with van der Waals surface area (Å²) in [4.78, 5) is 16.1. The highest BCUT2D eigenvalue weighted by Gasteiger charge is 2.10. The molecule has 0 atom stereocenters. The van der Waals surface area contributed by atoms with Crippen LogP contribution < -0.4 is 0 Å². The number of oxazole rings is 1. The zero-order valence-corrected chi connectivity index (χ0v) is 14.0. The number of hydrogen-bond acceptors (Lipinski definition) is 5. The lowest BCUT2D eigenvalue weighted by Gasteiger charge is -2.04. The molecule has 0 spiro atoms. The number of carbonyl (C=O) groups is 1. The minimum atomic E-state index is -0.334. The molecule has 0 aliphatic carbocycles. The van der Waals surface area contributed by atoms with Crippen LogP contribution in [0, 0.1) is 19.7 Å². The number of rotatable bonds is 6. The van der Waals surface area contributed by atoms with Crippen molar-refractivity contribution in [3.05, 3.63) is 59.5 Å². The monoisotopic (exact) mass is 343 g/mol. The average Bonchev–Trinajstić information content (AvgIpc) is 3.18. The largest absolute Gasteiger partial charge is 0.459 e. The first kappa shape index (κ1) is 16.9. The van der Waals surface area contributed by atoms with E-state index in [0.717, 1.165) is 11.4 Å². The zero-order valence-electron chi connectivity index (χ0n) is 14.0. The molecule has 1 aromatic carbocycles. The summed E-state index contributed by atoms with van der Waals surface area (Å²) in [6, 6.07) is 7.77. The highest BCUT2D eigenvalue weighted by molar-refractivity contribution is 5.69. The molecule has 0 N–H and O–H groups in total. The Hall–Kier alpha value is -2.96. The van der Waals surface area contributed by atoms with Crippen molar-refractivity contribution in [1.82, 2.24) is 14.8 Å². The van der Waals surface area contributed by atoms with Gasteiger partial charge in [0.2, 0.25) is 5.89 Å². The van der Waals surface area contributed by atoms with Crippen LogP contribution in [0.15, 0.2) is 41.0 Å². The van der Waals surface area contributed by atoms with E-state index in [9.17, 15) is 9.18 Å². The Balaban J connectivity index is 1.51. The van der Waals surface area contributed by atoms with Crippen molar-refractivity contribution in [3.63, 3.8) is 0 Å². The maximum absolute atomic E-state index is 12.9. The van der Waals surface area contributed by atoms with Gasteiger partial charge in [-0.3, -0.25) is 9.48 Å². The van der Waals surface area contributed by atoms with E-state index >= 15 is 0 Å². The van der Waals surface area contributed by atoms with Gasteiger partial charge in [0.1, 0.15) is 24.4 Å². The molecular formula is C18H18FN3O3. The first-order valence-corrected chi connectivity index (χ1v) is 7.88. The minimum Gasteiger partial charge on any atom is -0.459 e. The summed E-state index contributed by atoms with van der Waals surface area (Å²) in [6.07, 6.45) is 1.65. The van der Waals surface area contributed by atoms with E-state index in [1.165, 1.54) is 18.4 Å². The first-order chi connectivity index (χ1) is 12.0.